The van der Waals surface area contributed by atoms with Gasteiger partial charge in [0, 0.05) is 11.4 Å². The first-order chi connectivity index (χ1) is 5.88. The predicted octanol–water partition coefficient (Wildman–Crippen LogP) is 0.757. The Morgan fingerprint density at radius 1 is 1.67 bits per heavy atom. The maximum absolute atomic E-state index is 8.55. The normalized spacial score (nSPS) is 13.2. The lowest BCUT2D eigenvalue weighted by Gasteiger charge is -2.12. The third kappa shape index (κ3) is 2.57. The Labute approximate surface area is 75.8 Å². The van der Waals surface area contributed by atoms with Gasteiger partial charge in [-0.1, -0.05) is 6.07 Å². The summed E-state index contributed by atoms with van der Waals surface area (Å²) in [4.78, 5) is 1.12. The third-order valence-electron chi connectivity index (χ3n) is 1.48. The first-order valence-corrected chi connectivity index (χ1v) is 4.72. The highest BCUT2D eigenvalue weighted by Crippen LogP contribution is 2.20. The van der Waals surface area contributed by atoms with Crippen molar-refractivity contribution in [2.75, 3.05) is 19.8 Å². The van der Waals surface area contributed by atoms with Gasteiger partial charge in [-0.2, -0.15) is 0 Å². The Morgan fingerprint density at radius 3 is 3.00 bits per heavy atom. The van der Waals surface area contributed by atoms with Crippen LogP contribution in [-0.4, -0.2) is 24.9 Å². The highest BCUT2D eigenvalue weighted by atomic mass is 32.1. The van der Waals surface area contributed by atoms with Crippen LogP contribution in [0.2, 0.25) is 0 Å². The summed E-state index contributed by atoms with van der Waals surface area (Å²) in [6, 6.07) is 3.95. The highest BCUT2D eigenvalue weighted by Gasteiger charge is 2.09. The molecule has 0 saturated carbocycles. The van der Waals surface area contributed by atoms with Crippen molar-refractivity contribution in [3.05, 3.63) is 22.4 Å². The number of rotatable bonds is 5. The number of ether oxygens (including phenoxy) is 1. The first-order valence-electron chi connectivity index (χ1n) is 3.84. The summed E-state index contributed by atoms with van der Waals surface area (Å²) in [6.07, 6.45) is -0.0582. The van der Waals surface area contributed by atoms with Crippen LogP contribution in [-0.2, 0) is 4.74 Å². The van der Waals surface area contributed by atoms with Crippen LogP contribution in [0.25, 0.3) is 0 Å². The van der Waals surface area contributed by atoms with Crippen molar-refractivity contribution < 1.29 is 9.84 Å². The number of aliphatic hydroxyl groups excluding tert-OH is 1. The van der Waals surface area contributed by atoms with Gasteiger partial charge in [0.2, 0.25) is 0 Å². The molecule has 3 N–H and O–H groups in total. The number of nitrogens with two attached hydrogens (primary N) is 1. The van der Waals surface area contributed by atoms with E-state index in [0.717, 1.165) is 4.88 Å². The molecule has 0 aliphatic heterocycles. The smallest absolute Gasteiger partial charge is 0.104 e. The predicted molar refractivity (Wildman–Crippen MR) is 49.2 cm³/mol. The second-order valence-corrected chi connectivity index (χ2v) is 3.31. The van der Waals surface area contributed by atoms with Gasteiger partial charge in [-0.25, -0.2) is 0 Å². The monoisotopic (exact) mass is 187 g/mol. The standard InChI is InChI=1S/C8H13NO2S/c9-6-7(11-4-3-10)8-2-1-5-12-8/h1-2,5,7,10H,3-4,6,9H2. The average molecular weight is 187 g/mol. The van der Waals surface area contributed by atoms with Crippen LogP contribution in [0.3, 0.4) is 0 Å². The summed E-state index contributed by atoms with van der Waals surface area (Å²) in [5.74, 6) is 0. The van der Waals surface area contributed by atoms with Gasteiger partial charge >= 0.3 is 0 Å². The van der Waals surface area contributed by atoms with Crippen molar-refractivity contribution in [2.45, 2.75) is 6.10 Å². The summed E-state index contributed by atoms with van der Waals surface area (Å²) in [5.41, 5.74) is 5.50. The maximum atomic E-state index is 8.55. The van der Waals surface area contributed by atoms with Crippen molar-refractivity contribution in [1.29, 1.82) is 0 Å². The van der Waals surface area contributed by atoms with Crippen molar-refractivity contribution in [2.24, 2.45) is 5.73 Å². The molecule has 0 fully saturated rings. The molecule has 0 aliphatic rings. The van der Waals surface area contributed by atoms with Crippen molar-refractivity contribution in [3.8, 4) is 0 Å². The number of aliphatic hydroxyl groups is 1. The lowest BCUT2D eigenvalue weighted by molar-refractivity contribution is 0.0348. The van der Waals surface area contributed by atoms with E-state index in [9.17, 15) is 0 Å². The van der Waals surface area contributed by atoms with E-state index in [1.54, 1.807) is 11.3 Å². The van der Waals surface area contributed by atoms with E-state index in [2.05, 4.69) is 0 Å². The zero-order valence-electron chi connectivity index (χ0n) is 6.77. The lowest BCUT2D eigenvalue weighted by atomic mass is 10.3. The summed E-state index contributed by atoms with van der Waals surface area (Å²) < 4.78 is 5.32. The minimum Gasteiger partial charge on any atom is -0.394 e. The minimum atomic E-state index is -0.0582. The van der Waals surface area contributed by atoms with Gasteiger partial charge < -0.3 is 15.6 Å². The molecule has 0 bridgehead atoms. The molecule has 3 nitrogen and oxygen atoms in total. The second-order valence-electron chi connectivity index (χ2n) is 2.33. The Balaban J connectivity index is 2.45. The second kappa shape index (κ2) is 5.27. The SMILES string of the molecule is NCC(OCCO)c1cccs1. The van der Waals surface area contributed by atoms with Gasteiger partial charge in [-0.15, -0.1) is 11.3 Å². The topological polar surface area (TPSA) is 55.5 Å². The Morgan fingerprint density at radius 2 is 2.50 bits per heavy atom. The molecule has 0 radical (unpaired) electrons. The van der Waals surface area contributed by atoms with E-state index >= 15 is 0 Å². The number of hydrogen-bond donors (Lipinski definition) is 2. The van der Waals surface area contributed by atoms with Gasteiger partial charge in [-0.3, -0.25) is 0 Å². The Kier molecular flexibility index (Phi) is 4.24. The Bertz CT molecular complexity index is 201. The van der Waals surface area contributed by atoms with Gasteiger partial charge in [-0.05, 0) is 11.4 Å². The molecule has 0 aliphatic carbocycles. The van der Waals surface area contributed by atoms with Gasteiger partial charge in [0.25, 0.3) is 0 Å². The first kappa shape index (κ1) is 9.67. The van der Waals surface area contributed by atoms with E-state index in [4.69, 9.17) is 15.6 Å². The molecular formula is C8H13NO2S. The molecule has 0 spiro atoms. The molecular weight excluding hydrogens is 174 g/mol. The number of thiophene rings is 1. The van der Waals surface area contributed by atoms with Gasteiger partial charge in [0.05, 0.1) is 13.2 Å². The van der Waals surface area contributed by atoms with Gasteiger partial charge in [0.15, 0.2) is 0 Å². The fraction of sp³-hybridized carbons (Fsp3) is 0.500. The van der Waals surface area contributed by atoms with E-state index in [-0.39, 0.29) is 12.7 Å². The molecule has 1 aromatic heterocycles. The van der Waals surface area contributed by atoms with Crippen LogP contribution in [0.1, 0.15) is 11.0 Å². The summed E-state index contributed by atoms with van der Waals surface area (Å²) in [6.45, 7) is 0.849. The maximum Gasteiger partial charge on any atom is 0.104 e. The zero-order chi connectivity index (χ0) is 8.81. The summed E-state index contributed by atoms with van der Waals surface area (Å²) in [7, 11) is 0. The lowest BCUT2D eigenvalue weighted by Crippen LogP contribution is -2.16. The average Bonchev–Trinajstić information content (AvgIpc) is 2.59. The molecule has 4 heteroatoms. The third-order valence-corrected chi connectivity index (χ3v) is 2.45. The quantitative estimate of drug-likeness (QED) is 0.715. The van der Waals surface area contributed by atoms with E-state index in [1.165, 1.54) is 0 Å². The van der Waals surface area contributed by atoms with Crippen molar-refractivity contribution in [1.82, 2.24) is 0 Å². The Hall–Kier alpha value is -0.420. The van der Waals surface area contributed by atoms with E-state index < -0.39 is 0 Å². The molecule has 12 heavy (non-hydrogen) atoms. The molecule has 1 aromatic rings. The fourth-order valence-electron chi connectivity index (χ4n) is 0.936. The summed E-state index contributed by atoms with van der Waals surface area (Å²) >= 11 is 1.62. The molecule has 0 saturated heterocycles. The highest BCUT2D eigenvalue weighted by molar-refractivity contribution is 7.10. The van der Waals surface area contributed by atoms with Crippen LogP contribution in [0.5, 0.6) is 0 Å². The van der Waals surface area contributed by atoms with Crippen LogP contribution in [0.4, 0.5) is 0 Å². The molecule has 1 atom stereocenters. The minimum absolute atomic E-state index is 0.0435. The van der Waals surface area contributed by atoms with E-state index in [1.807, 2.05) is 17.5 Å². The van der Waals surface area contributed by atoms with E-state index in [0.29, 0.717) is 13.2 Å². The largest absolute Gasteiger partial charge is 0.394 e. The zero-order valence-corrected chi connectivity index (χ0v) is 7.59. The fourth-order valence-corrected chi connectivity index (χ4v) is 1.72. The number of hydrogen-bond acceptors (Lipinski definition) is 4. The van der Waals surface area contributed by atoms with Crippen molar-refractivity contribution in [3.63, 3.8) is 0 Å². The van der Waals surface area contributed by atoms with Gasteiger partial charge in [0.1, 0.15) is 6.10 Å². The molecule has 1 rings (SSSR count). The van der Waals surface area contributed by atoms with Crippen molar-refractivity contribution >= 4 is 11.3 Å². The van der Waals surface area contributed by atoms with Crippen LogP contribution in [0.15, 0.2) is 17.5 Å². The molecule has 68 valence electrons. The molecule has 0 amide bonds. The van der Waals surface area contributed by atoms with Crippen LogP contribution >= 0.6 is 11.3 Å². The molecule has 1 unspecified atom stereocenters. The molecule has 1 heterocycles. The van der Waals surface area contributed by atoms with Crippen LogP contribution in [0, 0.1) is 0 Å². The van der Waals surface area contributed by atoms with Crippen LogP contribution < -0.4 is 5.73 Å². The summed E-state index contributed by atoms with van der Waals surface area (Å²) in [5, 5.41) is 10.5. The molecule has 0 aromatic carbocycles.